The molecule has 1 N–H and O–H groups in total. The molecule has 0 amide bonds. The maximum absolute atomic E-state index is 4.92. The highest BCUT2D eigenvalue weighted by atomic mass is 16.5. The van der Waals surface area contributed by atoms with Crippen molar-refractivity contribution in [3.8, 4) is 0 Å². The van der Waals surface area contributed by atoms with E-state index in [2.05, 4.69) is 31.3 Å². The number of hydrogen-bond acceptors (Lipinski definition) is 2. The van der Waals surface area contributed by atoms with Gasteiger partial charge in [0, 0.05) is 13.7 Å². The van der Waals surface area contributed by atoms with Gasteiger partial charge >= 0.3 is 0 Å². The second kappa shape index (κ2) is 9.75. The summed E-state index contributed by atoms with van der Waals surface area (Å²) in [5.74, 6) is 0.721. The van der Waals surface area contributed by atoms with Crippen LogP contribution in [0.3, 0.4) is 0 Å². The maximum atomic E-state index is 4.92. The van der Waals surface area contributed by atoms with Crippen LogP contribution in [0.5, 0.6) is 0 Å². The molecular weight excluding hydrogens is 162 g/mol. The fourth-order valence-electron chi connectivity index (χ4n) is 0.949. The third-order valence-electron chi connectivity index (χ3n) is 2.08. The standard InChI is InChI=1S/C11H23NO/c1-4-11(2)7-5-6-8-12-9-10-13-3/h5,7,11-12H,4,6,8-10H2,1-3H3. The van der Waals surface area contributed by atoms with Crippen LogP contribution in [-0.4, -0.2) is 26.8 Å². The van der Waals surface area contributed by atoms with E-state index in [1.54, 1.807) is 7.11 Å². The lowest BCUT2D eigenvalue weighted by molar-refractivity contribution is 0.199. The van der Waals surface area contributed by atoms with Crippen LogP contribution in [-0.2, 0) is 4.74 Å². The van der Waals surface area contributed by atoms with Crippen LogP contribution >= 0.6 is 0 Å². The van der Waals surface area contributed by atoms with E-state index in [0.29, 0.717) is 0 Å². The summed E-state index contributed by atoms with van der Waals surface area (Å²) in [5.41, 5.74) is 0. The number of nitrogens with one attached hydrogen (secondary N) is 1. The zero-order valence-corrected chi connectivity index (χ0v) is 9.18. The molecule has 1 atom stereocenters. The summed E-state index contributed by atoms with van der Waals surface area (Å²) < 4.78 is 4.92. The Hall–Kier alpha value is -0.340. The van der Waals surface area contributed by atoms with Gasteiger partial charge < -0.3 is 10.1 Å². The smallest absolute Gasteiger partial charge is 0.0587 e. The van der Waals surface area contributed by atoms with E-state index in [4.69, 9.17) is 4.74 Å². The van der Waals surface area contributed by atoms with Crippen LogP contribution in [0.1, 0.15) is 26.7 Å². The fourth-order valence-corrected chi connectivity index (χ4v) is 0.949. The highest BCUT2D eigenvalue weighted by molar-refractivity contribution is 4.86. The molecule has 0 bridgehead atoms. The molecule has 0 rings (SSSR count). The Balaban J connectivity index is 3.10. The first kappa shape index (κ1) is 12.7. The second-order valence-electron chi connectivity index (χ2n) is 3.35. The Morgan fingerprint density at radius 3 is 2.77 bits per heavy atom. The van der Waals surface area contributed by atoms with Gasteiger partial charge in [-0.05, 0) is 18.9 Å². The largest absolute Gasteiger partial charge is 0.383 e. The molecule has 0 radical (unpaired) electrons. The summed E-state index contributed by atoms with van der Waals surface area (Å²) in [5, 5.41) is 3.30. The lowest BCUT2D eigenvalue weighted by atomic mass is 10.1. The summed E-state index contributed by atoms with van der Waals surface area (Å²) in [6.07, 6.45) is 6.90. The highest BCUT2D eigenvalue weighted by Crippen LogP contribution is 2.01. The molecule has 13 heavy (non-hydrogen) atoms. The van der Waals surface area contributed by atoms with Crippen LogP contribution in [0.4, 0.5) is 0 Å². The Labute approximate surface area is 82.4 Å². The van der Waals surface area contributed by atoms with Gasteiger partial charge in [0.1, 0.15) is 0 Å². The van der Waals surface area contributed by atoms with Crippen molar-refractivity contribution < 1.29 is 4.74 Å². The zero-order chi connectivity index (χ0) is 9.94. The summed E-state index contributed by atoms with van der Waals surface area (Å²) in [7, 11) is 1.73. The first-order valence-electron chi connectivity index (χ1n) is 5.17. The Kier molecular flexibility index (Phi) is 9.49. The Morgan fingerprint density at radius 2 is 2.15 bits per heavy atom. The molecule has 2 heteroatoms. The van der Waals surface area contributed by atoms with Crippen molar-refractivity contribution >= 4 is 0 Å². The van der Waals surface area contributed by atoms with Crippen LogP contribution in [0.25, 0.3) is 0 Å². The van der Waals surface area contributed by atoms with Gasteiger partial charge in [-0.2, -0.15) is 0 Å². The summed E-state index contributed by atoms with van der Waals surface area (Å²) in [6, 6.07) is 0. The Morgan fingerprint density at radius 1 is 1.38 bits per heavy atom. The third-order valence-corrected chi connectivity index (χ3v) is 2.08. The third kappa shape index (κ3) is 9.57. The van der Waals surface area contributed by atoms with E-state index in [1.807, 2.05) is 0 Å². The summed E-state index contributed by atoms with van der Waals surface area (Å²) >= 11 is 0. The van der Waals surface area contributed by atoms with Crippen molar-refractivity contribution in [3.05, 3.63) is 12.2 Å². The van der Waals surface area contributed by atoms with Crippen LogP contribution in [0.15, 0.2) is 12.2 Å². The lowest BCUT2D eigenvalue weighted by Gasteiger charge is -2.02. The average molecular weight is 185 g/mol. The highest BCUT2D eigenvalue weighted by Gasteiger charge is 1.89. The van der Waals surface area contributed by atoms with Gasteiger partial charge in [0.05, 0.1) is 6.61 Å². The SMILES string of the molecule is CCC(C)C=CCCNCCOC. The molecule has 0 aromatic carbocycles. The van der Waals surface area contributed by atoms with Gasteiger partial charge in [0.25, 0.3) is 0 Å². The van der Waals surface area contributed by atoms with Crippen molar-refractivity contribution in [2.75, 3.05) is 26.8 Å². The van der Waals surface area contributed by atoms with Crippen LogP contribution < -0.4 is 5.32 Å². The van der Waals surface area contributed by atoms with E-state index in [1.165, 1.54) is 6.42 Å². The number of rotatable bonds is 8. The van der Waals surface area contributed by atoms with Gasteiger partial charge in [-0.1, -0.05) is 32.4 Å². The van der Waals surface area contributed by atoms with Crippen molar-refractivity contribution in [1.82, 2.24) is 5.32 Å². The molecule has 2 nitrogen and oxygen atoms in total. The lowest BCUT2D eigenvalue weighted by Crippen LogP contribution is -2.19. The molecule has 0 spiro atoms. The quantitative estimate of drug-likeness (QED) is 0.462. The topological polar surface area (TPSA) is 21.3 Å². The fraction of sp³-hybridized carbons (Fsp3) is 0.818. The number of ether oxygens (including phenoxy) is 1. The van der Waals surface area contributed by atoms with E-state index >= 15 is 0 Å². The summed E-state index contributed by atoms with van der Waals surface area (Å²) in [4.78, 5) is 0. The number of methoxy groups -OCH3 is 1. The van der Waals surface area contributed by atoms with E-state index < -0.39 is 0 Å². The number of hydrogen-bond donors (Lipinski definition) is 1. The molecule has 0 aliphatic heterocycles. The molecule has 78 valence electrons. The van der Waals surface area contributed by atoms with Crippen molar-refractivity contribution in [2.24, 2.45) is 5.92 Å². The minimum atomic E-state index is 0.721. The molecule has 1 unspecified atom stereocenters. The van der Waals surface area contributed by atoms with Crippen molar-refractivity contribution in [3.63, 3.8) is 0 Å². The van der Waals surface area contributed by atoms with Gasteiger partial charge in [-0.25, -0.2) is 0 Å². The minimum Gasteiger partial charge on any atom is -0.383 e. The zero-order valence-electron chi connectivity index (χ0n) is 9.18. The molecule has 0 heterocycles. The normalized spacial score (nSPS) is 13.8. The molecule has 0 saturated heterocycles. The first-order valence-corrected chi connectivity index (χ1v) is 5.17. The van der Waals surface area contributed by atoms with Crippen LogP contribution in [0.2, 0.25) is 0 Å². The Bertz CT molecular complexity index is 123. The molecule has 0 aromatic rings. The predicted octanol–water partition coefficient (Wildman–Crippen LogP) is 2.21. The van der Waals surface area contributed by atoms with Crippen molar-refractivity contribution in [1.29, 1.82) is 0 Å². The van der Waals surface area contributed by atoms with E-state index in [9.17, 15) is 0 Å². The molecule has 0 saturated carbocycles. The molecular formula is C11H23NO. The van der Waals surface area contributed by atoms with Gasteiger partial charge in [0.2, 0.25) is 0 Å². The number of allylic oxidation sites excluding steroid dienone is 1. The second-order valence-corrected chi connectivity index (χ2v) is 3.35. The van der Waals surface area contributed by atoms with E-state index in [0.717, 1.165) is 32.0 Å². The molecule has 0 aliphatic rings. The van der Waals surface area contributed by atoms with Gasteiger partial charge in [-0.15, -0.1) is 0 Å². The first-order chi connectivity index (χ1) is 6.31. The monoisotopic (exact) mass is 185 g/mol. The molecule has 0 aromatic heterocycles. The molecule has 0 aliphatic carbocycles. The van der Waals surface area contributed by atoms with Crippen LogP contribution in [0, 0.1) is 5.92 Å². The van der Waals surface area contributed by atoms with Gasteiger partial charge in [0.15, 0.2) is 0 Å². The van der Waals surface area contributed by atoms with Gasteiger partial charge in [-0.3, -0.25) is 0 Å². The predicted molar refractivity (Wildman–Crippen MR) is 58.0 cm³/mol. The average Bonchev–Trinajstić information content (AvgIpc) is 2.16. The maximum Gasteiger partial charge on any atom is 0.0587 e. The minimum absolute atomic E-state index is 0.721. The van der Waals surface area contributed by atoms with E-state index in [-0.39, 0.29) is 0 Å². The summed E-state index contributed by atoms with van der Waals surface area (Å²) in [6.45, 7) is 7.26. The van der Waals surface area contributed by atoms with Crippen molar-refractivity contribution in [2.45, 2.75) is 26.7 Å². The molecule has 0 fully saturated rings.